The highest BCUT2D eigenvalue weighted by atomic mass is 32.2. The van der Waals surface area contributed by atoms with Crippen LogP contribution in [0, 0.1) is 0 Å². The van der Waals surface area contributed by atoms with Crippen LogP contribution in [-0.2, 0) is 21.3 Å². The summed E-state index contributed by atoms with van der Waals surface area (Å²) >= 11 is 0. The lowest BCUT2D eigenvalue weighted by molar-refractivity contribution is -0.112. The summed E-state index contributed by atoms with van der Waals surface area (Å²) in [6, 6.07) is 13.7. The molecule has 2 rings (SSSR count). The van der Waals surface area contributed by atoms with Crippen molar-refractivity contribution in [1.29, 1.82) is 0 Å². The van der Waals surface area contributed by atoms with Crippen molar-refractivity contribution in [1.82, 2.24) is 0 Å². The summed E-state index contributed by atoms with van der Waals surface area (Å²) in [6.07, 6.45) is -2.57. The second kappa shape index (κ2) is 8.11. The van der Waals surface area contributed by atoms with E-state index in [2.05, 4.69) is 5.32 Å². The third kappa shape index (κ3) is 5.86. The minimum absolute atomic E-state index is 0.0831. The number of halogens is 3. The van der Waals surface area contributed by atoms with Gasteiger partial charge in [-0.3, -0.25) is 9.00 Å². The van der Waals surface area contributed by atoms with Gasteiger partial charge in [0, 0.05) is 34.6 Å². The number of hydrogen-bond donors (Lipinski definition) is 1. The molecule has 2 aromatic carbocycles. The predicted molar refractivity (Wildman–Crippen MR) is 93.3 cm³/mol. The van der Waals surface area contributed by atoms with E-state index >= 15 is 0 Å². The van der Waals surface area contributed by atoms with Crippen LogP contribution in [0.15, 0.2) is 60.7 Å². The standard InChI is InChI=1S/C18H16F3NO2S/c1-25(24)12-13-6-5-9-15(10-13)22-17(23)11-16(18(19,20)21)14-7-3-2-4-8-14/h2-11H,12H2,1H3,(H,22,23)/b16-11-. The molecule has 25 heavy (non-hydrogen) atoms. The Morgan fingerprint density at radius 3 is 2.40 bits per heavy atom. The van der Waals surface area contributed by atoms with E-state index in [1.807, 2.05) is 0 Å². The van der Waals surface area contributed by atoms with E-state index in [1.54, 1.807) is 36.6 Å². The zero-order chi connectivity index (χ0) is 18.4. The van der Waals surface area contributed by atoms with Crippen molar-refractivity contribution in [2.24, 2.45) is 0 Å². The minimum Gasteiger partial charge on any atom is -0.322 e. The molecule has 0 fully saturated rings. The Hall–Kier alpha value is -2.41. The van der Waals surface area contributed by atoms with Crippen LogP contribution in [0.1, 0.15) is 11.1 Å². The fourth-order valence-electron chi connectivity index (χ4n) is 2.23. The van der Waals surface area contributed by atoms with Gasteiger partial charge in [0.1, 0.15) is 0 Å². The summed E-state index contributed by atoms with van der Waals surface area (Å²) in [4.78, 5) is 12.0. The molecule has 1 amide bonds. The maximum Gasteiger partial charge on any atom is 0.417 e. The van der Waals surface area contributed by atoms with Gasteiger partial charge < -0.3 is 5.32 Å². The number of amides is 1. The van der Waals surface area contributed by atoms with Gasteiger partial charge in [0.25, 0.3) is 0 Å². The van der Waals surface area contributed by atoms with Crippen LogP contribution in [0.25, 0.3) is 5.57 Å². The van der Waals surface area contributed by atoms with Crippen LogP contribution in [0.4, 0.5) is 18.9 Å². The number of allylic oxidation sites excluding steroid dienone is 1. The summed E-state index contributed by atoms with van der Waals surface area (Å²) in [5.74, 6) is -0.580. The molecular weight excluding hydrogens is 351 g/mol. The number of carbonyl (C=O) groups excluding carboxylic acids is 1. The van der Waals surface area contributed by atoms with Crippen LogP contribution in [-0.4, -0.2) is 22.5 Å². The molecule has 0 heterocycles. The Labute approximate surface area is 146 Å². The van der Waals surface area contributed by atoms with Crippen LogP contribution >= 0.6 is 0 Å². The van der Waals surface area contributed by atoms with E-state index in [0.29, 0.717) is 17.5 Å². The van der Waals surface area contributed by atoms with E-state index in [0.717, 1.165) is 5.56 Å². The van der Waals surface area contributed by atoms with E-state index in [-0.39, 0.29) is 5.56 Å². The molecule has 0 bridgehead atoms. The van der Waals surface area contributed by atoms with Crippen molar-refractivity contribution in [2.45, 2.75) is 11.9 Å². The smallest absolute Gasteiger partial charge is 0.322 e. The zero-order valence-electron chi connectivity index (χ0n) is 13.3. The Bertz CT molecular complexity index is 801. The number of nitrogens with one attached hydrogen (secondary N) is 1. The van der Waals surface area contributed by atoms with Crippen molar-refractivity contribution < 1.29 is 22.2 Å². The van der Waals surface area contributed by atoms with Gasteiger partial charge in [-0.2, -0.15) is 13.2 Å². The number of rotatable bonds is 5. The fourth-order valence-corrected chi connectivity index (χ4v) is 2.88. The maximum atomic E-state index is 13.2. The summed E-state index contributed by atoms with van der Waals surface area (Å²) in [6.45, 7) is 0. The Balaban J connectivity index is 2.24. The summed E-state index contributed by atoms with van der Waals surface area (Å²) in [7, 11) is -1.06. The number of alkyl halides is 3. The monoisotopic (exact) mass is 367 g/mol. The average Bonchev–Trinajstić information content (AvgIpc) is 2.52. The summed E-state index contributed by atoms with van der Waals surface area (Å²) < 4.78 is 50.9. The molecule has 1 unspecified atom stereocenters. The third-order valence-corrected chi connectivity index (χ3v) is 3.97. The van der Waals surface area contributed by atoms with Crippen molar-refractivity contribution in [2.75, 3.05) is 11.6 Å². The molecule has 0 radical (unpaired) electrons. The van der Waals surface area contributed by atoms with Crippen molar-refractivity contribution >= 4 is 28.0 Å². The van der Waals surface area contributed by atoms with E-state index in [1.165, 1.54) is 24.3 Å². The summed E-state index contributed by atoms with van der Waals surface area (Å²) in [5.41, 5.74) is -0.0304. The van der Waals surface area contributed by atoms with Gasteiger partial charge in [-0.15, -0.1) is 0 Å². The predicted octanol–water partition coefficient (Wildman–Crippen LogP) is 4.15. The molecule has 1 N–H and O–H groups in total. The highest BCUT2D eigenvalue weighted by Crippen LogP contribution is 2.33. The molecule has 7 heteroatoms. The number of benzene rings is 2. The van der Waals surface area contributed by atoms with Crippen molar-refractivity contribution in [3.05, 3.63) is 71.8 Å². The Morgan fingerprint density at radius 1 is 1.12 bits per heavy atom. The lowest BCUT2D eigenvalue weighted by Crippen LogP contribution is -2.16. The molecule has 3 nitrogen and oxygen atoms in total. The topological polar surface area (TPSA) is 46.2 Å². The molecule has 0 aromatic heterocycles. The zero-order valence-corrected chi connectivity index (χ0v) is 14.2. The molecule has 0 aliphatic carbocycles. The number of anilines is 1. The van der Waals surface area contributed by atoms with Gasteiger partial charge in [-0.25, -0.2) is 0 Å². The Kier molecular flexibility index (Phi) is 6.14. The quantitative estimate of drug-likeness (QED) is 0.807. The van der Waals surface area contributed by atoms with Gasteiger partial charge in [0.2, 0.25) is 5.91 Å². The van der Waals surface area contributed by atoms with E-state index < -0.39 is 28.5 Å². The molecule has 0 spiro atoms. The maximum absolute atomic E-state index is 13.2. The molecule has 0 aliphatic rings. The van der Waals surface area contributed by atoms with Crippen molar-refractivity contribution in [3.8, 4) is 0 Å². The second-order valence-corrected chi connectivity index (χ2v) is 6.76. The molecule has 132 valence electrons. The number of hydrogen-bond acceptors (Lipinski definition) is 2. The minimum atomic E-state index is -4.65. The van der Waals surface area contributed by atoms with Gasteiger partial charge in [-0.05, 0) is 23.3 Å². The molecular formula is C18H16F3NO2S. The van der Waals surface area contributed by atoms with Crippen LogP contribution in [0.2, 0.25) is 0 Å². The SMILES string of the molecule is CS(=O)Cc1cccc(NC(=O)/C=C(/c2ccccc2)C(F)(F)F)c1. The first kappa shape index (κ1) is 18.9. The Morgan fingerprint density at radius 2 is 1.80 bits per heavy atom. The fraction of sp³-hybridized carbons (Fsp3) is 0.167. The molecule has 0 saturated carbocycles. The van der Waals surface area contributed by atoms with Gasteiger partial charge in [0.15, 0.2) is 0 Å². The molecule has 0 aliphatic heterocycles. The van der Waals surface area contributed by atoms with E-state index in [9.17, 15) is 22.2 Å². The molecule has 1 atom stereocenters. The number of carbonyl (C=O) groups is 1. The first-order chi connectivity index (χ1) is 11.8. The van der Waals surface area contributed by atoms with Crippen LogP contribution < -0.4 is 5.32 Å². The largest absolute Gasteiger partial charge is 0.417 e. The van der Waals surface area contributed by atoms with Gasteiger partial charge >= 0.3 is 6.18 Å². The first-order valence-electron chi connectivity index (χ1n) is 7.30. The van der Waals surface area contributed by atoms with E-state index in [4.69, 9.17) is 0 Å². The van der Waals surface area contributed by atoms with Crippen LogP contribution in [0.3, 0.4) is 0 Å². The first-order valence-corrected chi connectivity index (χ1v) is 9.02. The summed E-state index contributed by atoms with van der Waals surface area (Å²) in [5, 5.41) is 2.41. The highest BCUT2D eigenvalue weighted by Gasteiger charge is 2.35. The molecule has 2 aromatic rings. The van der Waals surface area contributed by atoms with Gasteiger partial charge in [0.05, 0.1) is 5.57 Å². The van der Waals surface area contributed by atoms with Gasteiger partial charge in [-0.1, -0.05) is 42.5 Å². The average molecular weight is 367 g/mol. The lowest BCUT2D eigenvalue weighted by atomic mass is 10.1. The second-order valence-electron chi connectivity index (χ2n) is 5.33. The van der Waals surface area contributed by atoms with Crippen LogP contribution in [0.5, 0.6) is 0 Å². The van der Waals surface area contributed by atoms with Crippen molar-refractivity contribution in [3.63, 3.8) is 0 Å². The highest BCUT2D eigenvalue weighted by molar-refractivity contribution is 7.83. The lowest BCUT2D eigenvalue weighted by Gasteiger charge is -2.12. The third-order valence-electron chi connectivity index (χ3n) is 3.23. The molecule has 0 saturated heterocycles. The normalized spacial score (nSPS) is 13.4.